The van der Waals surface area contributed by atoms with Crippen molar-refractivity contribution in [3.05, 3.63) is 20.9 Å². The van der Waals surface area contributed by atoms with E-state index in [-0.39, 0.29) is 26.6 Å². The number of aromatic nitrogens is 1. The van der Waals surface area contributed by atoms with Crippen LogP contribution >= 0.6 is 34.8 Å². The second-order valence-electron chi connectivity index (χ2n) is 4.81. The summed E-state index contributed by atoms with van der Waals surface area (Å²) in [4.78, 5) is 15.9. The Morgan fingerprint density at radius 2 is 1.95 bits per heavy atom. The molecule has 0 radical (unpaired) electrons. The van der Waals surface area contributed by atoms with Gasteiger partial charge in [0, 0.05) is 0 Å². The second kappa shape index (κ2) is 8.66. The fraction of sp³-hybridized carbons (Fsp3) is 0.571. The zero-order chi connectivity index (χ0) is 16.0. The number of nitrogens with zero attached hydrogens (tertiary/aromatic N) is 1. The average molecular weight is 354 g/mol. The Bertz CT molecular complexity index is 509. The highest BCUT2D eigenvalue weighted by atomic mass is 35.5. The molecule has 1 unspecified atom stereocenters. The van der Waals surface area contributed by atoms with Crippen LogP contribution in [0.1, 0.15) is 50.0 Å². The smallest absolute Gasteiger partial charge is 0.358 e. The van der Waals surface area contributed by atoms with Gasteiger partial charge in [-0.1, -0.05) is 67.9 Å². The molecule has 1 aromatic rings. The first kappa shape index (κ1) is 18.3. The van der Waals surface area contributed by atoms with Gasteiger partial charge in [-0.15, -0.1) is 0 Å². The molecule has 0 amide bonds. The molecule has 21 heavy (non-hydrogen) atoms. The van der Waals surface area contributed by atoms with E-state index >= 15 is 0 Å². The van der Waals surface area contributed by atoms with Crippen LogP contribution in [0.3, 0.4) is 0 Å². The molecular formula is C14H19Cl3N2O2. The minimum Gasteiger partial charge on any atom is -0.461 e. The van der Waals surface area contributed by atoms with Crippen LogP contribution in [0.2, 0.25) is 15.2 Å². The molecule has 0 aromatic carbocycles. The van der Waals surface area contributed by atoms with E-state index in [0.29, 0.717) is 12.5 Å². The molecule has 1 atom stereocenters. The van der Waals surface area contributed by atoms with Crippen molar-refractivity contribution < 1.29 is 9.53 Å². The van der Waals surface area contributed by atoms with E-state index in [1.807, 2.05) is 0 Å². The fourth-order valence-corrected chi connectivity index (χ4v) is 2.41. The summed E-state index contributed by atoms with van der Waals surface area (Å²) >= 11 is 17.6. The number of nitrogens with two attached hydrogens (primary N) is 1. The van der Waals surface area contributed by atoms with E-state index in [1.165, 1.54) is 0 Å². The summed E-state index contributed by atoms with van der Waals surface area (Å²) in [6.07, 6.45) is 4.18. The molecule has 0 aliphatic rings. The van der Waals surface area contributed by atoms with E-state index in [4.69, 9.17) is 45.3 Å². The van der Waals surface area contributed by atoms with Gasteiger partial charge in [-0.3, -0.25) is 0 Å². The normalized spacial score (nSPS) is 12.2. The Balaban J connectivity index is 2.76. The zero-order valence-electron chi connectivity index (χ0n) is 12.1. The van der Waals surface area contributed by atoms with Crippen LogP contribution in [0.25, 0.3) is 0 Å². The molecule has 0 spiro atoms. The average Bonchev–Trinajstić information content (AvgIpc) is 2.48. The lowest BCUT2D eigenvalue weighted by Crippen LogP contribution is -2.16. The second-order valence-corrected chi connectivity index (χ2v) is 5.92. The van der Waals surface area contributed by atoms with Gasteiger partial charge in [0.25, 0.3) is 0 Å². The first-order chi connectivity index (χ1) is 9.92. The van der Waals surface area contributed by atoms with Gasteiger partial charge in [-0.2, -0.15) is 0 Å². The van der Waals surface area contributed by atoms with E-state index in [9.17, 15) is 4.79 Å². The summed E-state index contributed by atoms with van der Waals surface area (Å²) in [6.45, 7) is 4.52. The van der Waals surface area contributed by atoms with Gasteiger partial charge >= 0.3 is 5.97 Å². The highest BCUT2D eigenvalue weighted by Crippen LogP contribution is 2.34. The maximum absolute atomic E-state index is 12.0. The number of esters is 1. The van der Waals surface area contributed by atoms with Gasteiger partial charge in [-0.25, -0.2) is 9.78 Å². The lowest BCUT2D eigenvalue weighted by atomic mass is 10.0. The summed E-state index contributed by atoms with van der Waals surface area (Å²) in [5.41, 5.74) is 5.60. The zero-order valence-corrected chi connectivity index (χ0v) is 14.4. The Labute approximate surface area is 139 Å². The standard InChI is InChI=1S/C14H19Cl3N2O2/c1-3-5-6-8(4-2)7-21-14(20)12-9(15)11(18)10(16)13(17)19-12/h8H,3-7H2,1-2H3,(H2,18,19). The highest BCUT2D eigenvalue weighted by molar-refractivity contribution is 6.46. The number of unbranched alkanes of at least 4 members (excludes halogenated alkanes) is 1. The van der Waals surface area contributed by atoms with Gasteiger partial charge in [-0.05, 0) is 12.3 Å². The lowest BCUT2D eigenvalue weighted by molar-refractivity contribution is 0.0421. The molecular weight excluding hydrogens is 335 g/mol. The lowest BCUT2D eigenvalue weighted by Gasteiger charge is -2.15. The SMILES string of the molecule is CCCCC(CC)COC(=O)c1nc(Cl)c(Cl)c(N)c1Cl. The predicted octanol–water partition coefficient (Wildman–Crippen LogP) is 5.00. The number of pyridine rings is 1. The van der Waals surface area contributed by atoms with Gasteiger partial charge < -0.3 is 10.5 Å². The van der Waals surface area contributed by atoms with Crippen molar-refractivity contribution in [2.24, 2.45) is 5.92 Å². The molecule has 118 valence electrons. The van der Waals surface area contributed by atoms with Crippen LogP contribution in [0, 0.1) is 5.92 Å². The molecule has 1 rings (SSSR count). The highest BCUT2D eigenvalue weighted by Gasteiger charge is 2.21. The Hall–Kier alpha value is -0.710. The van der Waals surface area contributed by atoms with Crippen molar-refractivity contribution in [1.29, 1.82) is 0 Å². The summed E-state index contributed by atoms with van der Waals surface area (Å²) in [5.74, 6) is -0.312. The van der Waals surface area contributed by atoms with Crippen molar-refractivity contribution in [3.8, 4) is 0 Å². The third-order valence-corrected chi connectivity index (χ3v) is 4.39. The maximum atomic E-state index is 12.0. The molecule has 0 saturated carbocycles. The van der Waals surface area contributed by atoms with Crippen molar-refractivity contribution in [2.75, 3.05) is 12.3 Å². The van der Waals surface area contributed by atoms with E-state index in [0.717, 1.165) is 25.7 Å². The number of anilines is 1. The first-order valence-electron chi connectivity index (χ1n) is 6.89. The van der Waals surface area contributed by atoms with Crippen LogP contribution in [-0.4, -0.2) is 17.6 Å². The molecule has 4 nitrogen and oxygen atoms in total. The summed E-state index contributed by atoms with van der Waals surface area (Å²) in [7, 11) is 0. The Morgan fingerprint density at radius 1 is 1.29 bits per heavy atom. The van der Waals surface area contributed by atoms with Gasteiger partial charge in [0.1, 0.15) is 5.02 Å². The largest absolute Gasteiger partial charge is 0.461 e. The molecule has 2 N–H and O–H groups in total. The summed E-state index contributed by atoms with van der Waals surface area (Å²) in [5, 5.41) is -0.0628. The van der Waals surface area contributed by atoms with Gasteiger partial charge in [0.05, 0.1) is 17.3 Å². The molecule has 0 aliphatic carbocycles. The third kappa shape index (κ3) is 4.90. The predicted molar refractivity (Wildman–Crippen MR) is 87.3 cm³/mol. The third-order valence-electron chi connectivity index (χ3n) is 3.26. The van der Waals surface area contributed by atoms with E-state index in [1.54, 1.807) is 0 Å². The van der Waals surface area contributed by atoms with E-state index in [2.05, 4.69) is 18.8 Å². The van der Waals surface area contributed by atoms with Crippen LogP contribution in [0.15, 0.2) is 0 Å². The number of hydrogen-bond acceptors (Lipinski definition) is 4. The van der Waals surface area contributed by atoms with Crippen LogP contribution in [0.5, 0.6) is 0 Å². The number of carbonyl (C=O) groups excluding carboxylic acids is 1. The number of carbonyl (C=O) groups is 1. The topological polar surface area (TPSA) is 65.2 Å². The minimum absolute atomic E-state index is 0.0308. The van der Waals surface area contributed by atoms with Gasteiger partial charge in [0.2, 0.25) is 0 Å². The quantitative estimate of drug-likeness (QED) is 0.553. The number of nitrogen functional groups attached to an aromatic ring is 1. The summed E-state index contributed by atoms with van der Waals surface area (Å²) < 4.78 is 5.27. The number of halogens is 3. The fourth-order valence-electron chi connectivity index (χ4n) is 1.83. The molecule has 0 aliphatic heterocycles. The van der Waals surface area contributed by atoms with Crippen molar-refractivity contribution in [2.45, 2.75) is 39.5 Å². The Morgan fingerprint density at radius 3 is 2.52 bits per heavy atom. The molecule has 1 aromatic heterocycles. The first-order valence-corrected chi connectivity index (χ1v) is 8.02. The monoisotopic (exact) mass is 352 g/mol. The maximum Gasteiger partial charge on any atom is 0.358 e. The molecule has 7 heteroatoms. The summed E-state index contributed by atoms with van der Waals surface area (Å²) in [6, 6.07) is 0. The number of hydrogen-bond donors (Lipinski definition) is 1. The molecule has 0 saturated heterocycles. The van der Waals surface area contributed by atoms with Crippen LogP contribution in [-0.2, 0) is 4.74 Å². The number of ether oxygens (including phenoxy) is 1. The van der Waals surface area contributed by atoms with Gasteiger partial charge in [0.15, 0.2) is 10.8 Å². The van der Waals surface area contributed by atoms with Crippen LogP contribution < -0.4 is 5.73 Å². The van der Waals surface area contributed by atoms with Crippen molar-refractivity contribution in [1.82, 2.24) is 4.98 Å². The minimum atomic E-state index is -0.639. The molecule has 0 fully saturated rings. The van der Waals surface area contributed by atoms with Crippen LogP contribution in [0.4, 0.5) is 5.69 Å². The van der Waals surface area contributed by atoms with Crippen molar-refractivity contribution in [3.63, 3.8) is 0 Å². The van der Waals surface area contributed by atoms with Crippen molar-refractivity contribution >= 4 is 46.5 Å². The molecule has 0 bridgehead atoms. The molecule has 1 heterocycles. The Kier molecular flexibility index (Phi) is 7.57. The number of rotatable bonds is 7. The van der Waals surface area contributed by atoms with E-state index < -0.39 is 5.97 Å².